The van der Waals surface area contributed by atoms with Crippen LogP contribution in [0, 0.1) is 0 Å². The Bertz CT molecular complexity index is 829. The van der Waals surface area contributed by atoms with E-state index in [4.69, 9.17) is 0 Å². The molecular formula is C26H34N4O2. The molecule has 0 aromatic heterocycles. The second kappa shape index (κ2) is 10.3. The highest BCUT2D eigenvalue weighted by molar-refractivity contribution is 5.84. The van der Waals surface area contributed by atoms with E-state index in [0.29, 0.717) is 0 Å². The monoisotopic (exact) mass is 434 g/mol. The van der Waals surface area contributed by atoms with E-state index in [9.17, 15) is 9.59 Å². The minimum absolute atomic E-state index is 0.0204. The van der Waals surface area contributed by atoms with Gasteiger partial charge in [0.15, 0.2) is 0 Å². The highest BCUT2D eigenvalue weighted by Crippen LogP contribution is 2.31. The predicted octanol–water partition coefficient (Wildman–Crippen LogP) is 2.89. The summed E-state index contributed by atoms with van der Waals surface area (Å²) in [4.78, 5) is 30.8. The van der Waals surface area contributed by atoms with E-state index in [0.717, 1.165) is 49.9 Å². The summed E-state index contributed by atoms with van der Waals surface area (Å²) in [7, 11) is 4.00. The third kappa shape index (κ3) is 5.03. The minimum Gasteiger partial charge on any atom is -0.345 e. The average molecular weight is 435 g/mol. The summed E-state index contributed by atoms with van der Waals surface area (Å²) in [6.45, 7) is 1.86. The van der Waals surface area contributed by atoms with Crippen LogP contribution in [0.1, 0.15) is 48.9 Å². The van der Waals surface area contributed by atoms with E-state index in [1.807, 2.05) is 74.8 Å². The second-order valence-corrected chi connectivity index (χ2v) is 9.07. The van der Waals surface area contributed by atoms with Crippen LogP contribution in [-0.2, 0) is 9.59 Å². The van der Waals surface area contributed by atoms with Gasteiger partial charge in [-0.25, -0.2) is 0 Å². The number of amides is 2. The molecule has 2 saturated heterocycles. The fourth-order valence-electron chi connectivity index (χ4n) is 5.02. The zero-order valence-corrected chi connectivity index (χ0v) is 19.0. The largest absolute Gasteiger partial charge is 0.345 e. The molecule has 32 heavy (non-hydrogen) atoms. The van der Waals surface area contributed by atoms with Crippen molar-refractivity contribution in [2.24, 2.45) is 0 Å². The molecule has 0 bridgehead atoms. The highest BCUT2D eigenvalue weighted by Gasteiger charge is 2.35. The van der Waals surface area contributed by atoms with Crippen LogP contribution < -0.4 is 10.6 Å². The van der Waals surface area contributed by atoms with Gasteiger partial charge < -0.3 is 10.6 Å². The summed E-state index contributed by atoms with van der Waals surface area (Å²) in [5, 5.41) is 6.60. The van der Waals surface area contributed by atoms with Crippen molar-refractivity contribution in [2.45, 2.75) is 49.9 Å². The Hall–Kier alpha value is -2.70. The Morgan fingerprint density at radius 3 is 1.41 bits per heavy atom. The van der Waals surface area contributed by atoms with Crippen molar-refractivity contribution in [3.63, 3.8) is 0 Å². The smallest absolute Gasteiger partial charge is 0.237 e. The van der Waals surface area contributed by atoms with Crippen molar-refractivity contribution >= 4 is 11.8 Å². The van der Waals surface area contributed by atoms with Crippen molar-refractivity contribution in [3.05, 3.63) is 71.8 Å². The van der Waals surface area contributed by atoms with Gasteiger partial charge in [0.05, 0.1) is 24.2 Å². The van der Waals surface area contributed by atoms with Crippen LogP contribution in [0.15, 0.2) is 60.7 Å². The first-order chi connectivity index (χ1) is 15.5. The second-order valence-electron chi connectivity index (χ2n) is 9.07. The summed E-state index contributed by atoms with van der Waals surface area (Å²) < 4.78 is 0. The lowest BCUT2D eigenvalue weighted by Gasteiger charge is -2.33. The first-order valence-corrected chi connectivity index (χ1v) is 11.7. The standard InChI is InChI=1S/C26H34N4O2/c1-29-17-9-15-21(29)25(31)27-23(19-11-5-3-6-12-19)24(20-13-7-4-8-14-20)28-26(32)22-16-10-18-30(22)2/h3-8,11-14,21-24H,9-10,15-18H2,1-2H3,(H,27,31)(H,28,32)/t21-,22-,23-,24-/m1/s1. The molecule has 2 aromatic carbocycles. The molecule has 2 fully saturated rings. The molecule has 0 saturated carbocycles. The van der Waals surface area contributed by atoms with Crippen molar-refractivity contribution < 1.29 is 9.59 Å². The fraction of sp³-hybridized carbons (Fsp3) is 0.462. The van der Waals surface area contributed by atoms with Gasteiger partial charge in [0.1, 0.15) is 0 Å². The van der Waals surface area contributed by atoms with E-state index in [-0.39, 0.29) is 36.0 Å². The fourth-order valence-corrected chi connectivity index (χ4v) is 5.02. The molecule has 0 aliphatic carbocycles. The maximum atomic E-state index is 13.3. The highest BCUT2D eigenvalue weighted by atomic mass is 16.2. The van der Waals surface area contributed by atoms with Crippen LogP contribution in [0.3, 0.4) is 0 Å². The van der Waals surface area contributed by atoms with Gasteiger partial charge in [0.25, 0.3) is 0 Å². The number of nitrogens with zero attached hydrogens (tertiary/aromatic N) is 2. The van der Waals surface area contributed by atoms with Crippen LogP contribution in [0.4, 0.5) is 0 Å². The number of carbonyl (C=O) groups is 2. The van der Waals surface area contributed by atoms with Crippen molar-refractivity contribution in [1.29, 1.82) is 0 Å². The zero-order valence-electron chi connectivity index (χ0n) is 19.0. The summed E-state index contributed by atoms with van der Waals surface area (Å²) in [5.74, 6) is 0.0408. The third-order valence-electron chi connectivity index (χ3n) is 6.89. The number of hydrogen-bond donors (Lipinski definition) is 2. The lowest BCUT2D eigenvalue weighted by molar-refractivity contribution is -0.128. The first kappa shape index (κ1) is 22.5. The Kier molecular flexibility index (Phi) is 7.22. The number of rotatable bonds is 7. The van der Waals surface area contributed by atoms with Gasteiger partial charge in [0.2, 0.25) is 11.8 Å². The molecule has 4 atom stereocenters. The summed E-state index contributed by atoms with van der Waals surface area (Å²) in [5.41, 5.74) is 1.96. The zero-order chi connectivity index (χ0) is 22.5. The molecule has 0 radical (unpaired) electrons. The number of hydrogen-bond acceptors (Lipinski definition) is 4. The molecule has 170 valence electrons. The summed E-state index contributed by atoms with van der Waals surface area (Å²) >= 11 is 0. The van der Waals surface area contributed by atoms with Gasteiger partial charge in [-0.3, -0.25) is 19.4 Å². The minimum atomic E-state index is -0.365. The van der Waals surface area contributed by atoms with Gasteiger partial charge in [-0.05, 0) is 64.0 Å². The average Bonchev–Trinajstić information content (AvgIpc) is 3.45. The van der Waals surface area contributed by atoms with Gasteiger partial charge in [-0.2, -0.15) is 0 Å². The summed E-state index contributed by atoms with van der Waals surface area (Å²) in [6.07, 6.45) is 3.77. The number of benzene rings is 2. The number of likely N-dealkylation sites (N-methyl/N-ethyl adjacent to an activating group) is 2. The molecule has 0 unspecified atom stereocenters. The molecule has 2 heterocycles. The molecule has 2 aliphatic heterocycles. The van der Waals surface area contributed by atoms with Crippen LogP contribution in [0.5, 0.6) is 0 Å². The van der Waals surface area contributed by atoms with E-state index in [2.05, 4.69) is 20.4 Å². The van der Waals surface area contributed by atoms with Crippen LogP contribution in [0.2, 0.25) is 0 Å². The number of carbonyl (C=O) groups excluding carboxylic acids is 2. The van der Waals surface area contributed by atoms with E-state index in [1.54, 1.807) is 0 Å². The Labute approximate surface area is 191 Å². The molecule has 0 spiro atoms. The quantitative estimate of drug-likeness (QED) is 0.703. The van der Waals surface area contributed by atoms with Gasteiger partial charge >= 0.3 is 0 Å². The third-order valence-corrected chi connectivity index (χ3v) is 6.89. The molecule has 2 amide bonds. The summed E-state index contributed by atoms with van der Waals surface area (Å²) in [6, 6.07) is 18.9. The van der Waals surface area contributed by atoms with Crippen molar-refractivity contribution in [1.82, 2.24) is 20.4 Å². The predicted molar refractivity (Wildman–Crippen MR) is 126 cm³/mol. The van der Waals surface area contributed by atoms with E-state index < -0.39 is 0 Å². The maximum Gasteiger partial charge on any atom is 0.237 e. The van der Waals surface area contributed by atoms with E-state index in [1.165, 1.54) is 0 Å². The lowest BCUT2D eigenvalue weighted by Crippen LogP contribution is -2.49. The molecule has 2 N–H and O–H groups in total. The Balaban J connectivity index is 1.66. The van der Waals surface area contributed by atoms with E-state index >= 15 is 0 Å². The normalized spacial score (nSPS) is 23.6. The first-order valence-electron chi connectivity index (χ1n) is 11.7. The molecule has 6 heteroatoms. The molecular weight excluding hydrogens is 400 g/mol. The molecule has 2 aromatic rings. The molecule has 6 nitrogen and oxygen atoms in total. The lowest BCUT2D eigenvalue weighted by atomic mass is 9.92. The number of nitrogens with one attached hydrogen (secondary N) is 2. The topological polar surface area (TPSA) is 64.7 Å². The van der Waals surface area contributed by atoms with Crippen molar-refractivity contribution in [3.8, 4) is 0 Å². The Morgan fingerprint density at radius 2 is 1.09 bits per heavy atom. The van der Waals surface area contributed by atoms with Crippen LogP contribution in [0.25, 0.3) is 0 Å². The molecule has 2 aliphatic rings. The number of likely N-dealkylation sites (tertiary alicyclic amines) is 2. The maximum absolute atomic E-state index is 13.3. The van der Waals surface area contributed by atoms with Gasteiger partial charge in [0, 0.05) is 0 Å². The van der Waals surface area contributed by atoms with Gasteiger partial charge in [-0.1, -0.05) is 60.7 Å². The van der Waals surface area contributed by atoms with Crippen LogP contribution in [-0.4, -0.2) is 60.9 Å². The SMILES string of the molecule is CN1CCC[C@@H]1C(=O)N[C@H](c1ccccc1)[C@H](NC(=O)[C@H]1CCCN1C)c1ccccc1. The Morgan fingerprint density at radius 1 is 0.719 bits per heavy atom. The van der Waals surface area contributed by atoms with Crippen LogP contribution >= 0.6 is 0 Å². The van der Waals surface area contributed by atoms with Crippen molar-refractivity contribution in [2.75, 3.05) is 27.2 Å². The molecule has 4 rings (SSSR count). The van der Waals surface area contributed by atoms with Gasteiger partial charge in [-0.15, -0.1) is 0 Å².